The van der Waals surface area contributed by atoms with Gasteiger partial charge < -0.3 is 15.8 Å². The van der Waals surface area contributed by atoms with E-state index in [1.54, 1.807) is 36.4 Å². The molecule has 0 saturated carbocycles. The fraction of sp³-hybridized carbons (Fsp3) is 0.120. The molecular formula is C25H22F2N6O3. The first-order valence-corrected chi connectivity index (χ1v) is 10.9. The van der Waals surface area contributed by atoms with E-state index in [4.69, 9.17) is 10.5 Å². The lowest BCUT2D eigenvalue weighted by Gasteiger charge is -2.11. The number of amides is 3. The number of benzene rings is 2. The number of urea groups is 1. The van der Waals surface area contributed by atoms with Crippen LogP contribution in [0.25, 0.3) is 5.69 Å². The van der Waals surface area contributed by atoms with Crippen LogP contribution in [-0.4, -0.2) is 26.7 Å². The second-order valence-electron chi connectivity index (χ2n) is 8.10. The van der Waals surface area contributed by atoms with Crippen LogP contribution in [0.1, 0.15) is 35.9 Å². The third-order valence-electron chi connectivity index (χ3n) is 4.99. The molecule has 0 radical (unpaired) electrons. The lowest BCUT2D eigenvalue weighted by atomic mass is 10.1. The van der Waals surface area contributed by atoms with Crippen LogP contribution in [0, 0.1) is 11.6 Å². The van der Waals surface area contributed by atoms with Gasteiger partial charge in [0.1, 0.15) is 34.6 Å². The van der Waals surface area contributed by atoms with E-state index >= 15 is 0 Å². The minimum absolute atomic E-state index is 0.0141. The molecule has 0 spiro atoms. The Hall–Kier alpha value is -4.80. The zero-order valence-electron chi connectivity index (χ0n) is 19.3. The topological polar surface area (TPSA) is 124 Å². The molecule has 9 nitrogen and oxygen atoms in total. The van der Waals surface area contributed by atoms with Crippen molar-refractivity contribution in [1.29, 1.82) is 0 Å². The number of rotatable bonds is 7. The SMILES string of the molecule is CC(C)c1cc(NC(=O)Nc2ccc(Oc3ccnc(C(N)=O)c3)cc2)n(-c2cc(F)cc(F)c2)n1. The van der Waals surface area contributed by atoms with Crippen molar-refractivity contribution in [2.75, 3.05) is 10.6 Å². The Bertz CT molecular complexity index is 1400. The third kappa shape index (κ3) is 5.81. The normalized spacial score (nSPS) is 10.8. The predicted molar refractivity (Wildman–Crippen MR) is 129 cm³/mol. The summed E-state index contributed by atoms with van der Waals surface area (Å²) in [7, 11) is 0. The number of nitrogens with one attached hydrogen (secondary N) is 2. The highest BCUT2D eigenvalue weighted by Gasteiger charge is 2.16. The van der Waals surface area contributed by atoms with Crippen LogP contribution in [0.3, 0.4) is 0 Å². The number of pyridine rings is 1. The first kappa shape index (κ1) is 24.3. The zero-order chi connectivity index (χ0) is 25.8. The molecule has 3 amide bonds. The Balaban J connectivity index is 1.47. The molecule has 11 heteroatoms. The summed E-state index contributed by atoms with van der Waals surface area (Å²) >= 11 is 0. The molecule has 2 aromatic heterocycles. The fourth-order valence-electron chi connectivity index (χ4n) is 3.26. The van der Waals surface area contributed by atoms with Crippen molar-refractivity contribution in [2.24, 2.45) is 5.73 Å². The number of ether oxygens (including phenoxy) is 1. The number of nitrogens with zero attached hydrogens (tertiary/aromatic N) is 3. The summed E-state index contributed by atoms with van der Waals surface area (Å²) in [5.74, 6) is -1.11. The van der Waals surface area contributed by atoms with Crippen molar-refractivity contribution in [3.8, 4) is 17.2 Å². The predicted octanol–water partition coefficient (Wildman–Crippen LogP) is 5.20. The Morgan fingerprint density at radius 2 is 1.64 bits per heavy atom. The number of aromatic nitrogens is 3. The highest BCUT2D eigenvalue weighted by atomic mass is 19.1. The Morgan fingerprint density at radius 3 is 2.28 bits per heavy atom. The molecule has 4 aromatic rings. The van der Waals surface area contributed by atoms with Crippen LogP contribution in [0.2, 0.25) is 0 Å². The largest absolute Gasteiger partial charge is 0.457 e. The molecule has 2 heterocycles. The first-order chi connectivity index (χ1) is 17.2. The van der Waals surface area contributed by atoms with Crippen molar-refractivity contribution in [3.63, 3.8) is 0 Å². The fourth-order valence-corrected chi connectivity index (χ4v) is 3.26. The van der Waals surface area contributed by atoms with Gasteiger partial charge in [-0.1, -0.05) is 13.8 Å². The lowest BCUT2D eigenvalue weighted by Crippen LogP contribution is -2.21. The van der Waals surface area contributed by atoms with Crippen LogP contribution in [0.5, 0.6) is 11.5 Å². The summed E-state index contributed by atoms with van der Waals surface area (Å²) in [5.41, 5.74) is 6.52. The van der Waals surface area contributed by atoms with Gasteiger partial charge in [0.2, 0.25) is 0 Å². The summed E-state index contributed by atoms with van der Waals surface area (Å²) in [6.45, 7) is 3.82. The molecule has 36 heavy (non-hydrogen) atoms. The van der Waals surface area contributed by atoms with E-state index in [9.17, 15) is 18.4 Å². The number of carbonyl (C=O) groups is 2. The van der Waals surface area contributed by atoms with Gasteiger partial charge in [0.25, 0.3) is 5.91 Å². The standard InChI is InChI=1S/C25H22F2N6O3/c1-14(2)21-13-23(33(32-21)18-10-15(26)9-16(27)11-18)31-25(35)30-17-3-5-19(6-4-17)36-20-7-8-29-22(12-20)24(28)34/h3-14H,1-2H3,(H2,28,34)(H2,30,31,35). The average molecular weight is 492 g/mol. The van der Waals surface area contributed by atoms with E-state index in [-0.39, 0.29) is 23.1 Å². The lowest BCUT2D eigenvalue weighted by molar-refractivity contribution is 0.0995. The average Bonchev–Trinajstić information content (AvgIpc) is 3.24. The number of halogens is 2. The second-order valence-corrected chi connectivity index (χ2v) is 8.10. The number of primary amides is 1. The maximum atomic E-state index is 13.8. The number of hydrogen-bond acceptors (Lipinski definition) is 5. The second kappa shape index (κ2) is 10.2. The molecule has 0 aliphatic carbocycles. The van der Waals surface area contributed by atoms with E-state index in [1.165, 1.54) is 16.9 Å². The molecule has 2 aromatic carbocycles. The third-order valence-corrected chi connectivity index (χ3v) is 4.99. The zero-order valence-corrected chi connectivity index (χ0v) is 19.3. The first-order valence-electron chi connectivity index (χ1n) is 10.9. The number of hydrogen-bond donors (Lipinski definition) is 3. The number of anilines is 2. The van der Waals surface area contributed by atoms with Gasteiger partial charge in [-0.15, -0.1) is 0 Å². The monoisotopic (exact) mass is 492 g/mol. The van der Waals surface area contributed by atoms with Crippen LogP contribution in [0.4, 0.5) is 25.1 Å². The van der Waals surface area contributed by atoms with Gasteiger partial charge in [0.05, 0.1) is 11.4 Å². The highest BCUT2D eigenvalue weighted by molar-refractivity contribution is 5.99. The maximum Gasteiger partial charge on any atom is 0.324 e. The molecule has 0 aliphatic heterocycles. The summed E-state index contributed by atoms with van der Waals surface area (Å²) in [4.78, 5) is 27.8. The van der Waals surface area contributed by atoms with Crippen molar-refractivity contribution in [3.05, 3.63) is 89.9 Å². The molecule has 184 valence electrons. The van der Waals surface area contributed by atoms with E-state index < -0.39 is 23.6 Å². The van der Waals surface area contributed by atoms with Crippen molar-refractivity contribution in [2.45, 2.75) is 19.8 Å². The Morgan fingerprint density at radius 1 is 0.944 bits per heavy atom. The molecule has 4 N–H and O–H groups in total. The van der Waals surface area contributed by atoms with E-state index in [1.807, 2.05) is 13.8 Å². The summed E-state index contributed by atoms with van der Waals surface area (Å²) in [6, 6.07) is 13.5. The smallest absolute Gasteiger partial charge is 0.324 e. The maximum absolute atomic E-state index is 13.8. The van der Waals surface area contributed by atoms with Gasteiger partial charge in [-0.3, -0.25) is 15.1 Å². The van der Waals surface area contributed by atoms with Crippen LogP contribution >= 0.6 is 0 Å². The summed E-state index contributed by atoms with van der Waals surface area (Å²) in [6.07, 6.45) is 1.41. The molecular weight excluding hydrogens is 470 g/mol. The Labute approximate surface area is 204 Å². The molecule has 0 atom stereocenters. The summed E-state index contributed by atoms with van der Waals surface area (Å²) in [5, 5.41) is 9.73. The minimum atomic E-state index is -0.762. The molecule has 4 rings (SSSR count). The van der Waals surface area contributed by atoms with Crippen LogP contribution in [-0.2, 0) is 0 Å². The molecule has 0 unspecified atom stereocenters. The Kier molecular flexibility index (Phi) is 6.91. The van der Waals surface area contributed by atoms with Crippen LogP contribution in [0.15, 0.2) is 66.9 Å². The van der Waals surface area contributed by atoms with E-state index in [0.717, 1.165) is 18.2 Å². The van der Waals surface area contributed by atoms with Gasteiger partial charge >= 0.3 is 6.03 Å². The van der Waals surface area contributed by atoms with Gasteiger partial charge in [0, 0.05) is 30.1 Å². The number of nitrogens with two attached hydrogens (primary N) is 1. The van der Waals surface area contributed by atoms with Crippen molar-refractivity contribution >= 4 is 23.4 Å². The van der Waals surface area contributed by atoms with Gasteiger partial charge in [-0.05, 0) is 48.4 Å². The molecule has 0 aliphatic rings. The minimum Gasteiger partial charge on any atom is -0.457 e. The summed E-state index contributed by atoms with van der Waals surface area (Å²) < 4.78 is 34.5. The van der Waals surface area contributed by atoms with E-state index in [2.05, 4.69) is 20.7 Å². The molecule has 0 fully saturated rings. The van der Waals surface area contributed by atoms with Crippen molar-refractivity contribution in [1.82, 2.24) is 14.8 Å². The number of carbonyl (C=O) groups excluding carboxylic acids is 2. The van der Waals surface area contributed by atoms with Crippen LogP contribution < -0.4 is 21.1 Å². The molecule has 0 bridgehead atoms. The van der Waals surface area contributed by atoms with Gasteiger partial charge in [0.15, 0.2) is 0 Å². The van der Waals surface area contributed by atoms with Crippen molar-refractivity contribution < 1.29 is 23.1 Å². The van der Waals surface area contributed by atoms with E-state index in [0.29, 0.717) is 22.9 Å². The van der Waals surface area contributed by atoms with Gasteiger partial charge in [-0.2, -0.15) is 5.10 Å². The van der Waals surface area contributed by atoms with Gasteiger partial charge in [-0.25, -0.2) is 18.3 Å². The quantitative estimate of drug-likeness (QED) is 0.327. The molecule has 0 saturated heterocycles. The highest BCUT2D eigenvalue weighted by Crippen LogP contribution is 2.25.